The van der Waals surface area contributed by atoms with Crippen molar-refractivity contribution in [2.24, 2.45) is 7.05 Å². The Morgan fingerprint density at radius 2 is 2.42 bits per heavy atom. The van der Waals surface area contributed by atoms with Gasteiger partial charge in [0.25, 0.3) is 0 Å². The van der Waals surface area contributed by atoms with Crippen molar-refractivity contribution in [2.45, 2.75) is 18.6 Å². The van der Waals surface area contributed by atoms with Gasteiger partial charge in [0, 0.05) is 19.0 Å². The van der Waals surface area contributed by atoms with E-state index in [1.165, 1.54) is 0 Å². The molecule has 0 radical (unpaired) electrons. The predicted octanol–water partition coefficient (Wildman–Crippen LogP) is 0.817. The van der Waals surface area contributed by atoms with Gasteiger partial charge in [0.2, 0.25) is 0 Å². The van der Waals surface area contributed by atoms with Gasteiger partial charge in [0.1, 0.15) is 11.9 Å². The van der Waals surface area contributed by atoms with Gasteiger partial charge < -0.3 is 9.64 Å². The molecule has 2 aromatic heterocycles. The molecule has 19 heavy (non-hydrogen) atoms. The van der Waals surface area contributed by atoms with E-state index < -0.39 is 0 Å². The van der Waals surface area contributed by atoms with E-state index in [9.17, 15) is 5.26 Å². The Bertz CT molecular complexity index is 701. The largest absolute Gasteiger partial charge is 0.374 e. The van der Waals surface area contributed by atoms with Gasteiger partial charge in [0.15, 0.2) is 5.65 Å². The van der Waals surface area contributed by atoms with Crippen LogP contribution in [0.2, 0.25) is 0 Å². The first-order valence-electron chi connectivity index (χ1n) is 6.37. The zero-order valence-corrected chi connectivity index (χ0v) is 10.6. The minimum Gasteiger partial charge on any atom is -0.374 e. The normalized spacial score (nSPS) is 25.2. The van der Waals surface area contributed by atoms with Crippen molar-refractivity contribution in [3.05, 3.63) is 17.8 Å². The Morgan fingerprint density at radius 3 is 3.11 bits per heavy atom. The number of pyridine rings is 1. The zero-order valence-electron chi connectivity index (χ0n) is 10.6. The third kappa shape index (κ3) is 1.45. The molecule has 2 aliphatic rings. The standard InChI is InChI=1S/C13H13N5O/c1-17-12-9(5-15-17)2-8(4-14)13(16-12)18-6-11-3-10(18)7-19-11/h2,5,10-11H,3,6-7H2,1H3. The molecule has 2 aromatic rings. The first-order valence-corrected chi connectivity index (χ1v) is 6.37. The molecule has 0 amide bonds. The van der Waals surface area contributed by atoms with Crippen molar-refractivity contribution in [1.29, 1.82) is 5.26 Å². The predicted molar refractivity (Wildman–Crippen MR) is 68.7 cm³/mol. The average Bonchev–Trinajstić information content (AvgIpc) is 3.13. The molecule has 0 aliphatic carbocycles. The van der Waals surface area contributed by atoms with Crippen LogP contribution in [-0.2, 0) is 11.8 Å². The van der Waals surface area contributed by atoms with Crippen molar-refractivity contribution in [2.75, 3.05) is 18.1 Å². The third-order valence-corrected chi connectivity index (χ3v) is 3.98. The summed E-state index contributed by atoms with van der Waals surface area (Å²) < 4.78 is 7.34. The van der Waals surface area contributed by atoms with Gasteiger partial charge in [-0.25, -0.2) is 4.98 Å². The molecule has 0 spiro atoms. The van der Waals surface area contributed by atoms with E-state index in [-0.39, 0.29) is 0 Å². The molecule has 2 atom stereocenters. The average molecular weight is 255 g/mol. The second-order valence-electron chi connectivity index (χ2n) is 5.15. The molecule has 4 heterocycles. The van der Waals surface area contributed by atoms with Crippen LogP contribution in [0.25, 0.3) is 11.0 Å². The fraction of sp³-hybridized carbons (Fsp3) is 0.462. The van der Waals surface area contributed by atoms with Crippen LogP contribution in [0.4, 0.5) is 5.82 Å². The van der Waals surface area contributed by atoms with Crippen molar-refractivity contribution >= 4 is 16.9 Å². The van der Waals surface area contributed by atoms with Crippen LogP contribution in [0.15, 0.2) is 12.3 Å². The zero-order chi connectivity index (χ0) is 13.0. The number of aromatic nitrogens is 3. The van der Waals surface area contributed by atoms with Crippen LogP contribution in [-0.4, -0.2) is 40.1 Å². The van der Waals surface area contributed by atoms with Gasteiger partial charge in [0.05, 0.1) is 30.5 Å². The molecular weight excluding hydrogens is 242 g/mol. The lowest BCUT2D eigenvalue weighted by atomic mass is 10.2. The summed E-state index contributed by atoms with van der Waals surface area (Å²) in [5.41, 5.74) is 1.44. The van der Waals surface area contributed by atoms with Crippen LogP contribution in [0.5, 0.6) is 0 Å². The Balaban J connectivity index is 1.88. The van der Waals surface area contributed by atoms with Crippen LogP contribution < -0.4 is 4.90 Å². The van der Waals surface area contributed by atoms with E-state index >= 15 is 0 Å². The molecule has 6 heteroatoms. The number of rotatable bonds is 1. The summed E-state index contributed by atoms with van der Waals surface area (Å²) in [6.45, 7) is 1.57. The molecule has 6 nitrogen and oxygen atoms in total. The van der Waals surface area contributed by atoms with E-state index in [1.54, 1.807) is 10.9 Å². The number of hydrogen-bond donors (Lipinski definition) is 0. The van der Waals surface area contributed by atoms with E-state index in [4.69, 9.17) is 4.74 Å². The lowest BCUT2D eigenvalue weighted by Crippen LogP contribution is -2.38. The van der Waals surface area contributed by atoms with Gasteiger partial charge >= 0.3 is 0 Å². The van der Waals surface area contributed by atoms with Crippen molar-refractivity contribution in [3.8, 4) is 6.07 Å². The summed E-state index contributed by atoms with van der Waals surface area (Å²) in [4.78, 5) is 6.86. The fourth-order valence-electron chi connectivity index (χ4n) is 3.03. The topological polar surface area (TPSA) is 67.0 Å². The molecule has 96 valence electrons. The number of aryl methyl sites for hydroxylation is 1. The molecule has 2 fully saturated rings. The number of morpholine rings is 1. The molecular formula is C13H13N5O. The summed E-state index contributed by atoms with van der Waals surface area (Å²) in [5.74, 6) is 0.773. The maximum atomic E-state index is 9.34. The molecule has 2 bridgehead atoms. The summed E-state index contributed by atoms with van der Waals surface area (Å²) in [5, 5.41) is 14.4. The Hall–Kier alpha value is -2.13. The van der Waals surface area contributed by atoms with E-state index in [0.29, 0.717) is 17.7 Å². The molecule has 2 aliphatic heterocycles. The number of ether oxygens (including phenoxy) is 1. The summed E-state index contributed by atoms with van der Waals surface area (Å²) in [6, 6.07) is 4.48. The monoisotopic (exact) mass is 255 g/mol. The van der Waals surface area contributed by atoms with Gasteiger partial charge in [-0.1, -0.05) is 0 Å². The van der Waals surface area contributed by atoms with Crippen molar-refractivity contribution in [3.63, 3.8) is 0 Å². The maximum absolute atomic E-state index is 9.34. The molecule has 0 saturated carbocycles. The SMILES string of the molecule is Cn1ncc2cc(C#N)c(N3CC4CC3CO4)nc21. The number of nitrogens with zero attached hydrogens (tertiary/aromatic N) is 5. The summed E-state index contributed by atoms with van der Waals surface area (Å²) in [7, 11) is 1.87. The summed E-state index contributed by atoms with van der Waals surface area (Å²) in [6.07, 6.45) is 3.07. The number of anilines is 1. The Labute approximate surface area is 110 Å². The lowest BCUT2D eigenvalue weighted by molar-refractivity contribution is 0.0989. The number of nitriles is 1. The van der Waals surface area contributed by atoms with Gasteiger partial charge in [-0.05, 0) is 12.5 Å². The van der Waals surface area contributed by atoms with E-state index in [0.717, 1.165) is 36.4 Å². The highest BCUT2D eigenvalue weighted by atomic mass is 16.5. The Kier molecular flexibility index (Phi) is 2.09. The van der Waals surface area contributed by atoms with Crippen LogP contribution in [0.3, 0.4) is 0 Å². The second-order valence-corrected chi connectivity index (χ2v) is 5.15. The van der Waals surface area contributed by atoms with Crippen molar-refractivity contribution < 1.29 is 4.74 Å². The highest BCUT2D eigenvalue weighted by Crippen LogP contribution is 2.34. The smallest absolute Gasteiger partial charge is 0.159 e. The highest BCUT2D eigenvalue weighted by Gasteiger charge is 2.40. The molecule has 2 unspecified atom stereocenters. The van der Waals surface area contributed by atoms with Crippen molar-refractivity contribution in [1.82, 2.24) is 14.8 Å². The van der Waals surface area contributed by atoms with E-state index in [1.807, 2.05) is 13.1 Å². The molecule has 0 N–H and O–H groups in total. The lowest BCUT2D eigenvalue weighted by Gasteiger charge is -2.28. The molecule has 4 rings (SSSR count). The second kappa shape index (κ2) is 3.68. The summed E-state index contributed by atoms with van der Waals surface area (Å²) >= 11 is 0. The first kappa shape index (κ1) is 10.8. The van der Waals surface area contributed by atoms with E-state index in [2.05, 4.69) is 21.1 Å². The van der Waals surface area contributed by atoms with Gasteiger partial charge in [-0.3, -0.25) is 4.68 Å². The molecule has 0 aromatic carbocycles. The minimum atomic E-state index is 0.292. The van der Waals surface area contributed by atoms with Crippen LogP contribution >= 0.6 is 0 Å². The number of fused-ring (bicyclic) bond motifs is 3. The van der Waals surface area contributed by atoms with Gasteiger partial charge in [-0.2, -0.15) is 10.4 Å². The first-order chi connectivity index (χ1) is 9.26. The fourth-order valence-corrected chi connectivity index (χ4v) is 3.03. The van der Waals surface area contributed by atoms with Gasteiger partial charge in [-0.15, -0.1) is 0 Å². The highest BCUT2D eigenvalue weighted by molar-refractivity contribution is 5.80. The number of hydrogen-bond acceptors (Lipinski definition) is 5. The minimum absolute atomic E-state index is 0.292. The quantitative estimate of drug-likeness (QED) is 0.754. The Morgan fingerprint density at radius 1 is 1.53 bits per heavy atom. The van der Waals surface area contributed by atoms with Crippen LogP contribution in [0.1, 0.15) is 12.0 Å². The maximum Gasteiger partial charge on any atom is 0.159 e. The molecule has 2 saturated heterocycles. The third-order valence-electron chi connectivity index (χ3n) is 3.98. The van der Waals surface area contributed by atoms with Crippen LogP contribution in [0, 0.1) is 11.3 Å².